The first kappa shape index (κ1) is 12.4. The van der Waals surface area contributed by atoms with Gasteiger partial charge in [-0.2, -0.15) is 0 Å². The molecule has 3 heteroatoms. The highest BCUT2D eigenvalue weighted by atomic mass is 35.5. The van der Waals surface area contributed by atoms with Crippen LogP contribution >= 0.6 is 11.6 Å². The number of rotatable bonds is 1. The Morgan fingerprint density at radius 1 is 1.11 bits per heavy atom. The van der Waals surface area contributed by atoms with Crippen molar-refractivity contribution in [2.75, 3.05) is 12.3 Å². The third kappa shape index (κ3) is 2.06. The van der Waals surface area contributed by atoms with Crippen molar-refractivity contribution in [3.05, 3.63) is 47.0 Å². The summed E-state index contributed by atoms with van der Waals surface area (Å²) >= 11 is 6.09. The summed E-state index contributed by atoms with van der Waals surface area (Å²) < 4.78 is 5.70. The van der Waals surface area contributed by atoms with E-state index in [1.807, 2.05) is 24.3 Å². The van der Waals surface area contributed by atoms with Gasteiger partial charge in [-0.15, -0.1) is 0 Å². The first-order valence-corrected chi connectivity index (χ1v) is 6.68. The monoisotopic (exact) mass is 273 g/mol. The van der Waals surface area contributed by atoms with E-state index in [1.165, 1.54) is 5.56 Å². The molecule has 2 aromatic carbocycles. The third-order valence-corrected chi connectivity index (χ3v) is 3.96. The second-order valence-electron chi connectivity index (χ2n) is 5.62. The Bertz CT molecular complexity index is 649. The van der Waals surface area contributed by atoms with Gasteiger partial charge in [0.05, 0.1) is 17.3 Å². The molecule has 2 aromatic rings. The first-order chi connectivity index (χ1) is 8.97. The minimum atomic E-state index is 0.0585. The normalized spacial score (nSPS) is 15.9. The SMILES string of the molecule is CC1(C)COc2ccc(-c3ccc(N)c(Cl)c3)cc21. The molecule has 0 saturated heterocycles. The van der Waals surface area contributed by atoms with Gasteiger partial charge in [0.2, 0.25) is 0 Å². The summed E-state index contributed by atoms with van der Waals surface area (Å²) in [5.74, 6) is 0.982. The van der Waals surface area contributed by atoms with Gasteiger partial charge in [-0.05, 0) is 35.4 Å². The minimum Gasteiger partial charge on any atom is -0.492 e. The lowest BCUT2D eigenvalue weighted by Crippen LogP contribution is -2.18. The number of hydrogen-bond acceptors (Lipinski definition) is 2. The van der Waals surface area contributed by atoms with Crippen molar-refractivity contribution in [1.82, 2.24) is 0 Å². The molecule has 0 aliphatic carbocycles. The lowest BCUT2D eigenvalue weighted by Gasteiger charge is -2.16. The van der Waals surface area contributed by atoms with Crippen molar-refractivity contribution >= 4 is 17.3 Å². The molecule has 0 atom stereocenters. The Morgan fingerprint density at radius 2 is 1.79 bits per heavy atom. The van der Waals surface area contributed by atoms with Gasteiger partial charge in [-0.25, -0.2) is 0 Å². The molecule has 0 bridgehead atoms. The molecule has 0 amide bonds. The summed E-state index contributed by atoms with van der Waals surface area (Å²) in [6.45, 7) is 5.12. The fourth-order valence-electron chi connectivity index (χ4n) is 2.41. The lowest BCUT2D eigenvalue weighted by molar-refractivity contribution is 0.291. The highest BCUT2D eigenvalue weighted by Crippen LogP contribution is 2.40. The Morgan fingerprint density at radius 3 is 2.53 bits per heavy atom. The van der Waals surface area contributed by atoms with Crippen molar-refractivity contribution in [3.63, 3.8) is 0 Å². The summed E-state index contributed by atoms with van der Waals surface area (Å²) in [7, 11) is 0. The number of nitrogens with two attached hydrogens (primary N) is 1. The van der Waals surface area contributed by atoms with Crippen LogP contribution in [0.5, 0.6) is 5.75 Å². The van der Waals surface area contributed by atoms with Crippen LogP contribution in [0.4, 0.5) is 5.69 Å². The molecule has 0 saturated carbocycles. The highest BCUT2D eigenvalue weighted by molar-refractivity contribution is 6.33. The molecule has 0 radical (unpaired) electrons. The Balaban J connectivity index is 2.10. The molecular formula is C16H16ClNO. The van der Waals surface area contributed by atoms with Gasteiger partial charge in [0.15, 0.2) is 0 Å². The van der Waals surface area contributed by atoms with Crippen LogP contribution in [0, 0.1) is 0 Å². The average Bonchev–Trinajstić information content (AvgIpc) is 2.69. The number of nitrogen functional groups attached to an aromatic ring is 1. The van der Waals surface area contributed by atoms with E-state index >= 15 is 0 Å². The fraction of sp³-hybridized carbons (Fsp3) is 0.250. The van der Waals surface area contributed by atoms with Gasteiger partial charge < -0.3 is 10.5 Å². The summed E-state index contributed by atoms with van der Waals surface area (Å²) in [5.41, 5.74) is 9.87. The zero-order valence-electron chi connectivity index (χ0n) is 11.0. The fourth-order valence-corrected chi connectivity index (χ4v) is 2.59. The zero-order valence-corrected chi connectivity index (χ0v) is 11.8. The molecule has 1 heterocycles. The van der Waals surface area contributed by atoms with Gasteiger partial charge in [-0.3, -0.25) is 0 Å². The van der Waals surface area contributed by atoms with E-state index in [1.54, 1.807) is 0 Å². The number of fused-ring (bicyclic) bond motifs is 1. The number of ether oxygens (including phenoxy) is 1. The molecule has 0 spiro atoms. The summed E-state index contributed by atoms with van der Waals surface area (Å²) in [6.07, 6.45) is 0. The van der Waals surface area contributed by atoms with Crippen molar-refractivity contribution in [1.29, 1.82) is 0 Å². The molecule has 1 aliphatic heterocycles. The van der Waals surface area contributed by atoms with Gasteiger partial charge in [0.1, 0.15) is 5.75 Å². The molecule has 19 heavy (non-hydrogen) atoms. The van der Waals surface area contributed by atoms with Crippen LogP contribution in [0.2, 0.25) is 5.02 Å². The van der Waals surface area contributed by atoms with E-state index in [0.29, 0.717) is 10.7 Å². The van der Waals surface area contributed by atoms with E-state index in [-0.39, 0.29) is 5.41 Å². The standard InChI is InChI=1S/C16H16ClNO/c1-16(2)9-19-15-6-4-10(7-12(15)16)11-3-5-14(18)13(17)8-11/h3-8H,9,18H2,1-2H3. The van der Waals surface area contributed by atoms with Crippen molar-refractivity contribution < 1.29 is 4.74 Å². The maximum absolute atomic E-state index is 6.09. The van der Waals surface area contributed by atoms with Crippen LogP contribution in [0.3, 0.4) is 0 Å². The van der Waals surface area contributed by atoms with Gasteiger partial charge >= 0.3 is 0 Å². The summed E-state index contributed by atoms with van der Waals surface area (Å²) in [6, 6.07) is 12.0. The molecular weight excluding hydrogens is 258 g/mol. The van der Waals surface area contributed by atoms with E-state index in [2.05, 4.69) is 26.0 Å². The Labute approximate surface area is 118 Å². The molecule has 2 N–H and O–H groups in total. The third-order valence-electron chi connectivity index (χ3n) is 3.63. The maximum atomic E-state index is 6.09. The van der Waals surface area contributed by atoms with Gasteiger partial charge in [0, 0.05) is 11.0 Å². The van der Waals surface area contributed by atoms with E-state index in [9.17, 15) is 0 Å². The topological polar surface area (TPSA) is 35.2 Å². The van der Waals surface area contributed by atoms with Crippen LogP contribution in [0.15, 0.2) is 36.4 Å². The maximum Gasteiger partial charge on any atom is 0.123 e. The smallest absolute Gasteiger partial charge is 0.123 e. The lowest BCUT2D eigenvalue weighted by atomic mass is 9.85. The van der Waals surface area contributed by atoms with Crippen LogP contribution in [-0.2, 0) is 5.41 Å². The predicted octanol–water partition coefficient (Wildman–Crippen LogP) is 4.26. The zero-order chi connectivity index (χ0) is 13.6. The highest BCUT2D eigenvalue weighted by Gasteiger charge is 2.31. The molecule has 1 aliphatic rings. The average molecular weight is 274 g/mol. The Hall–Kier alpha value is -1.67. The van der Waals surface area contributed by atoms with Crippen molar-refractivity contribution in [2.45, 2.75) is 19.3 Å². The van der Waals surface area contributed by atoms with E-state index in [4.69, 9.17) is 22.1 Å². The Kier molecular flexibility index (Phi) is 2.72. The molecule has 0 aromatic heterocycles. The minimum absolute atomic E-state index is 0.0585. The molecule has 2 nitrogen and oxygen atoms in total. The molecule has 98 valence electrons. The number of anilines is 1. The predicted molar refractivity (Wildman–Crippen MR) is 79.8 cm³/mol. The first-order valence-electron chi connectivity index (χ1n) is 6.30. The molecule has 0 unspecified atom stereocenters. The van der Waals surface area contributed by atoms with Gasteiger partial charge in [-0.1, -0.05) is 37.6 Å². The summed E-state index contributed by atoms with van der Waals surface area (Å²) in [5, 5.41) is 0.591. The van der Waals surface area contributed by atoms with Crippen LogP contribution in [-0.4, -0.2) is 6.61 Å². The van der Waals surface area contributed by atoms with E-state index < -0.39 is 0 Å². The molecule has 0 fully saturated rings. The number of benzene rings is 2. The summed E-state index contributed by atoms with van der Waals surface area (Å²) in [4.78, 5) is 0. The number of halogens is 1. The second kappa shape index (κ2) is 4.17. The number of hydrogen-bond donors (Lipinski definition) is 1. The van der Waals surface area contributed by atoms with Crippen molar-refractivity contribution in [3.8, 4) is 16.9 Å². The largest absolute Gasteiger partial charge is 0.492 e. The quantitative estimate of drug-likeness (QED) is 0.788. The van der Waals surface area contributed by atoms with Crippen LogP contribution < -0.4 is 10.5 Å². The second-order valence-corrected chi connectivity index (χ2v) is 6.03. The van der Waals surface area contributed by atoms with Crippen LogP contribution in [0.25, 0.3) is 11.1 Å². The van der Waals surface area contributed by atoms with Crippen LogP contribution in [0.1, 0.15) is 19.4 Å². The molecule has 3 rings (SSSR count). The van der Waals surface area contributed by atoms with E-state index in [0.717, 1.165) is 23.5 Å². The van der Waals surface area contributed by atoms with Gasteiger partial charge in [0.25, 0.3) is 0 Å². The van der Waals surface area contributed by atoms with Crippen molar-refractivity contribution in [2.24, 2.45) is 0 Å².